The molecule has 1 spiro atoms. The van der Waals surface area contributed by atoms with Gasteiger partial charge in [0.25, 0.3) is 5.91 Å². The van der Waals surface area contributed by atoms with Crippen LogP contribution >= 0.6 is 0 Å². The highest BCUT2D eigenvalue weighted by Crippen LogP contribution is 2.51. The third-order valence-corrected chi connectivity index (χ3v) is 6.40. The lowest BCUT2D eigenvalue weighted by atomic mass is 9.60. The molecule has 2 N–H and O–H groups in total. The predicted molar refractivity (Wildman–Crippen MR) is 91.9 cm³/mol. The van der Waals surface area contributed by atoms with E-state index in [9.17, 15) is 9.18 Å². The summed E-state index contributed by atoms with van der Waals surface area (Å²) < 4.78 is 14.5. The summed E-state index contributed by atoms with van der Waals surface area (Å²) in [5, 5.41) is 8.83. The minimum absolute atomic E-state index is 0.180. The van der Waals surface area contributed by atoms with E-state index < -0.39 is 5.91 Å². The summed E-state index contributed by atoms with van der Waals surface area (Å²) in [4.78, 5) is 16.6. The number of likely N-dealkylation sites (tertiary alicyclic amines) is 1. The third-order valence-electron chi connectivity index (χ3n) is 6.40. The topological polar surface area (TPSA) is 55.8 Å². The number of benzene rings is 1. The van der Waals surface area contributed by atoms with Gasteiger partial charge in [0, 0.05) is 37.3 Å². The van der Waals surface area contributed by atoms with Crippen molar-refractivity contribution in [2.75, 3.05) is 20.1 Å². The van der Waals surface area contributed by atoms with Crippen molar-refractivity contribution >= 4 is 5.91 Å². The van der Waals surface area contributed by atoms with Crippen LogP contribution in [0, 0.1) is 11.2 Å². The van der Waals surface area contributed by atoms with E-state index in [0.717, 1.165) is 17.5 Å². The van der Waals surface area contributed by atoms with E-state index in [1.165, 1.54) is 32.0 Å². The van der Waals surface area contributed by atoms with Crippen molar-refractivity contribution in [1.29, 1.82) is 0 Å². The molecule has 25 heavy (non-hydrogen) atoms. The SMILES string of the molecule is CC[C@H]1Cc2c(F)cc(C(=O)NO)cc2CN1C1CC2(C1)CN(C)C2. The van der Waals surface area contributed by atoms with Gasteiger partial charge >= 0.3 is 0 Å². The molecule has 0 aromatic heterocycles. The maximum Gasteiger partial charge on any atom is 0.274 e. The molecule has 2 heterocycles. The van der Waals surface area contributed by atoms with Crippen LogP contribution in [0.4, 0.5) is 4.39 Å². The number of hydrogen-bond acceptors (Lipinski definition) is 4. The standard InChI is InChI=1S/C19H26FN3O2/c1-3-14-6-16-13(4-12(5-17(16)20)18(24)21-25)9-23(14)15-7-19(8-15)10-22(2)11-19/h4-5,14-15,25H,3,6-11H2,1-2H3,(H,21,24)/t14-/m0/s1. The van der Waals surface area contributed by atoms with Gasteiger partial charge in [-0.3, -0.25) is 14.9 Å². The molecule has 1 saturated heterocycles. The number of nitrogens with one attached hydrogen (secondary N) is 1. The van der Waals surface area contributed by atoms with E-state index in [-0.39, 0.29) is 11.4 Å². The van der Waals surface area contributed by atoms with Crippen molar-refractivity contribution in [3.05, 3.63) is 34.6 Å². The molecule has 1 amide bonds. The minimum atomic E-state index is -0.661. The third kappa shape index (κ3) is 2.76. The van der Waals surface area contributed by atoms with Crippen LogP contribution in [0.25, 0.3) is 0 Å². The Hall–Kier alpha value is -1.50. The van der Waals surface area contributed by atoms with Crippen LogP contribution in [-0.4, -0.2) is 53.1 Å². The molecule has 0 unspecified atom stereocenters. The lowest BCUT2D eigenvalue weighted by Crippen LogP contribution is -2.66. The molecule has 1 atom stereocenters. The largest absolute Gasteiger partial charge is 0.305 e. The molecule has 0 radical (unpaired) electrons. The fraction of sp³-hybridized carbons (Fsp3) is 0.632. The number of hydroxylamine groups is 1. The van der Waals surface area contributed by atoms with Gasteiger partial charge in [0.2, 0.25) is 0 Å². The van der Waals surface area contributed by atoms with Gasteiger partial charge in [-0.05, 0) is 61.4 Å². The summed E-state index contributed by atoms with van der Waals surface area (Å²) in [7, 11) is 2.17. The number of halogens is 1. The molecule has 6 heteroatoms. The number of nitrogens with zero attached hydrogens (tertiary/aromatic N) is 2. The zero-order chi connectivity index (χ0) is 17.8. The Kier molecular flexibility index (Phi) is 4.09. The number of hydrogen-bond donors (Lipinski definition) is 2. The van der Waals surface area contributed by atoms with Gasteiger partial charge in [-0.15, -0.1) is 0 Å². The molecule has 1 aromatic carbocycles. The summed E-state index contributed by atoms with van der Waals surface area (Å²) >= 11 is 0. The first-order valence-electron chi connectivity index (χ1n) is 9.15. The van der Waals surface area contributed by atoms with Gasteiger partial charge in [0.05, 0.1) is 0 Å². The van der Waals surface area contributed by atoms with E-state index in [2.05, 4.69) is 23.8 Å². The normalized spacial score (nSPS) is 26.0. The van der Waals surface area contributed by atoms with Crippen LogP contribution in [0.2, 0.25) is 0 Å². The second kappa shape index (κ2) is 6.04. The zero-order valence-electron chi connectivity index (χ0n) is 14.9. The number of carbonyl (C=O) groups is 1. The fourth-order valence-corrected chi connectivity index (χ4v) is 5.28. The highest BCUT2D eigenvalue weighted by molar-refractivity contribution is 5.93. The van der Waals surface area contributed by atoms with Crippen LogP contribution in [0.3, 0.4) is 0 Å². The Morgan fingerprint density at radius 3 is 2.72 bits per heavy atom. The van der Waals surface area contributed by atoms with E-state index in [4.69, 9.17) is 5.21 Å². The maximum absolute atomic E-state index is 14.5. The second-order valence-corrected chi connectivity index (χ2v) is 8.21. The van der Waals surface area contributed by atoms with E-state index in [0.29, 0.717) is 30.5 Å². The van der Waals surface area contributed by atoms with Crippen molar-refractivity contribution in [2.45, 2.75) is 51.2 Å². The van der Waals surface area contributed by atoms with Gasteiger partial charge in [-0.25, -0.2) is 9.87 Å². The molecular weight excluding hydrogens is 321 g/mol. The number of rotatable bonds is 3. The summed E-state index contributed by atoms with van der Waals surface area (Å²) in [6, 6.07) is 3.88. The average Bonchev–Trinajstić information content (AvgIpc) is 2.54. The first-order valence-corrected chi connectivity index (χ1v) is 9.15. The lowest BCUT2D eigenvalue weighted by Gasteiger charge is -2.62. The lowest BCUT2D eigenvalue weighted by molar-refractivity contribution is -0.112. The molecule has 1 saturated carbocycles. The van der Waals surface area contributed by atoms with Crippen LogP contribution in [0.5, 0.6) is 0 Å². The molecule has 0 bridgehead atoms. The molecule has 2 aliphatic heterocycles. The van der Waals surface area contributed by atoms with Crippen molar-refractivity contribution in [2.24, 2.45) is 5.41 Å². The van der Waals surface area contributed by atoms with Crippen LogP contribution in [0.1, 0.15) is 47.7 Å². The first kappa shape index (κ1) is 16.9. The van der Waals surface area contributed by atoms with Crippen LogP contribution < -0.4 is 5.48 Å². The summed E-state index contributed by atoms with van der Waals surface area (Å²) in [6.45, 7) is 5.24. The average molecular weight is 347 g/mol. The Labute approximate surface area is 147 Å². The number of amides is 1. The van der Waals surface area contributed by atoms with Gasteiger partial charge in [0.15, 0.2) is 0 Å². The number of carbonyl (C=O) groups excluding carboxylic acids is 1. The second-order valence-electron chi connectivity index (χ2n) is 8.21. The predicted octanol–water partition coefficient (Wildman–Crippen LogP) is 2.18. The van der Waals surface area contributed by atoms with Gasteiger partial charge in [0.1, 0.15) is 5.82 Å². The molecule has 1 aliphatic carbocycles. The van der Waals surface area contributed by atoms with Gasteiger partial charge < -0.3 is 4.90 Å². The Balaban J connectivity index is 1.56. The summed E-state index contributed by atoms with van der Waals surface area (Å²) in [5.74, 6) is -0.995. The fourth-order valence-electron chi connectivity index (χ4n) is 5.28. The van der Waals surface area contributed by atoms with Crippen molar-refractivity contribution in [3.63, 3.8) is 0 Å². The quantitative estimate of drug-likeness (QED) is 0.650. The van der Waals surface area contributed by atoms with E-state index >= 15 is 0 Å². The molecule has 4 rings (SSSR count). The van der Waals surface area contributed by atoms with Crippen molar-refractivity contribution in [1.82, 2.24) is 15.3 Å². The molecule has 5 nitrogen and oxygen atoms in total. The summed E-state index contributed by atoms with van der Waals surface area (Å²) in [5.41, 5.74) is 3.91. The highest BCUT2D eigenvalue weighted by Gasteiger charge is 2.53. The minimum Gasteiger partial charge on any atom is -0.305 e. The first-order chi connectivity index (χ1) is 11.9. The monoisotopic (exact) mass is 347 g/mol. The van der Waals surface area contributed by atoms with E-state index in [1.807, 2.05) is 0 Å². The molecular formula is C19H26FN3O2. The van der Waals surface area contributed by atoms with E-state index in [1.54, 1.807) is 11.5 Å². The van der Waals surface area contributed by atoms with Crippen LogP contribution in [-0.2, 0) is 13.0 Å². The van der Waals surface area contributed by atoms with Gasteiger partial charge in [-0.1, -0.05) is 6.92 Å². The summed E-state index contributed by atoms with van der Waals surface area (Å²) in [6.07, 6.45) is 4.15. The zero-order valence-corrected chi connectivity index (χ0v) is 14.9. The van der Waals surface area contributed by atoms with Crippen molar-refractivity contribution < 1.29 is 14.4 Å². The van der Waals surface area contributed by atoms with Gasteiger partial charge in [-0.2, -0.15) is 0 Å². The Morgan fingerprint density at radius 1 is 1.40 bits per heavy atom. The van der Waals surface area contributed by atoms with Crippen molar-refractivity contribution in [3.8, 4) is 0 Å². The number of fused-ring (bicyclic) bond motifs is 1. The maximum atomic E-state index is 14.5. The van der Waals surface area contributed by atoms with Crippen LogP contribution in [0.15, 0.2) is 12.1 Å². The molecule has 136 valence electrons. The Morgan fingerprint density at radius 2 is 2.12 bits per heavy atom. The molecule has 3 aliphatic rings. The highest BCUT2D eigenvalue weighted by atomic mass is 19.1. The smallest absolute Gasteiger partial charge is 0.274 e. The molecule has 1 aromatic rings. The molecule has 2 fully saturated rings. The Bertz CT molecular complexity index is 694.